The number of benzene rings is 2. The van der Waals surface area contributed by atoms with Gasteiger partial charge in [-0.05, 0) is 66.5 Å². The predicted molar refractivity (Wildman–Crippen MR) is 139 cm³/mol. The molecule has 0 saturated heterocycles. The lowest BCUT2D eigenvalue weighted by atomic mass is 10.1. The van der Waals surface area contributed by atoms with Crippen molar-refractivity contribution in [2.24, 2.45) is 5.73 Å². The monoisotopic (exact) mass is 537 g/mol. The molecule has 10 nitrogen and oxygen atoms in total. The first kappa shape index (κ1) is 26.4. The molecule has 1 atom stereocenters. The van der Waals surface area contributed by atoms with Crippen molar-refractivity contribution < 1.29 is 27.9 Å². The fraction of sp³-hybridized carbons (Fsp3) is 0.154. The summed E-state index contributed by atoms with van der Waals surface area (Å²) in [5.41, 5.74) is 11.7. The van der Waals surface area contributed by atoms with E-state index in [0.29, 0.717) is 23.0 Å². The maximum Gasteiger partial charge on any atom is 0.273 e. The predicted octanol–water partition coefficient (Wildman–Crippen LogP) is 3.58. The molecule has 3 amide bonds. The van der Waals surface area contributed by atoms with Crippen LogP contribution in [0.2, 0.25) is 0 Å². The van der Waals surface area contributed by atoms with Crippen molar-refractivity contribution in [2.45, 2.75) is 19.5 Å². The van der Waals surface area contributed by atoms with Gasteiger partial charge in [-0.15, -0.1) is 0 Å². The van der Waals surface area contributed by atoms with Crippen LogP contribution < -0.4 is 26.4 Å². The Hall–Kier alpha value is -4.71. The fourth-order valence-corrected chi connectivity index (χ4v) is 4.49. The Bertz CT molecular complexity index is 1480. The zero-order chi connectivity index (χ0) is 27.4. The first-order valence-corrected chi connectivity index (χ1v) is 12.1. The molecular weight excluding hydrogens is 513 g/mol. The van der Waals surface area contributed by atoms with Crippen molar-refractivity contribution in [3.05, 3.63) is 94.1 Å². The minimum absolute atomic E-state index is 0.0575. The lowest BCUT2D eigenvalue weighted by molar-refractivity contribution is -0.123. The second-order valence-electron chi connectivity index (χ2n) is 8.21. The van der Waals surface area contributed by atoms with Crippen LogP contribution in [0.1, 0.15) is 43.3 Å². The number of nitrogens with one attached hydrogen (secondary N) is 1. The summed E-state index contributed by atoms with van der Waals surface area (Å²) in [5.74, 6) is -1.67. The van der Waals surface area contributed by atoms with Crippen LogP contribution >= 0.6 is 11.5 Å². The van der Waals surface area contributed by atoms with Crippen molar-refractivity contribution >= 4 is 40.6 Å². The van der Waals surface area contributed by atoms with Gasteiger partial charge in [0.25, 0.3) is 17.7 Å². The number of hydrogen-bond acceptors (Lipinski definition) is 8. The number of ether oxygens (including phenoxy) is 1. The first-order valence-electron chi connectivity index (χ1n) is 11.3. The molecule has 0 aliphatic heterocycles. The van der Waals surface area contributed by atoms with Gasteiger partial charge in [-0.1, -0.05) is 18.2 Å². The number of nitrogen functional groups attached to an aromatic ring is 1. The third-order valence-corrected chi connectivity index (χ3v) is 6.47. The molecule has 38 heavy (non-hydrogen) atoms. The van der Waals surface area contributed by atoms with Crippen LogP contribution in [0.3, 0.4) is 0 Å². The molecular formula is C26H24FN5O5S. The summed E-state index contributed by atoms with van der Waals surface area (Å²) >= 11 is 0.648. The zero-order valence-corrected chi connectivity index (χ0v) is 21.3. The summed E-state index contributed by atoms with van der Waals surface area (Å²) in [5, 5.41) is 2.81. The van der Waals surface area contributed by atoms with Crippen LogP contribution in [0.4, 0.5) is 15.8 Å². The van der Waals surface area contributed by atoms with E-state index in [1.165, 1.54) is 18.2 Å². The Labute approximate surface area is 221 Å². The number of nitrogens with two attached hydrogens (primary N) is 2. The molecule has 0 aliphatic carbocycles. The molecule has 0 unspecified atom stereocenters. The molecule has 0 saturated carbocycles. The van der Waals surface area contributed by atoms with E-state index >= 15 is 0 Å². The van der Waals surface area contributed by atoms with E-state index in [2.05, 4.69) is 9.69 Å². The number of anilines is 2. The smallest absolute Gasteiger partial charge is 0.273 e. The second kappa shape index (κ2) is 11.1. The first-order chi connectivity index (χ1) is 18.2. The van der Waals surface area contributed by atoms with Gasteiger partial charge in [-0.25, -0.2) is 4.39 Å². The zero-order valence-electron chi connectivity index (χ0n) is 20.4. The number of halogens is 1. The van der Waals surface area contributed by atoms with Crippen LogP contribution in [0.5, 0.6) is 5.75 Å². The van der Waals surface area contributed by atoms with Gasteiger partial charge in [0.15, 0.2) is 11.7 Å². The number of carbonyl (C=O) groups is 3. The highest BCUT2D eigenvalue weighted by Crippen LogP contribution is 2.34. The molecule has 4 aromatic rings. The molecule has 2 aromatic heterocycles. The van der Waals surface area contributed by atoms with E-state index in [0.717, 1.165) is 16.5 Å². The SMILES string of the molecule is COc1ccc(CNC(=O)[C@@H](c2ccc(C)o2)N(C(=O)c2snc(C(N)=O)c2N)c2cccc(F)c2)cc1. The van der Waals surface area contributed by atoms with Gasteiger partial charge in [0.2, 0.25) is 0 Å². The number of rotatable bonds is 9. The molecule has 2 heterocycles. The van der Waals surface area contributed by atoms with E-state index in [-0.39, 0.29) is 34.3 Å². The van der Waals surface area contributed by atoms with Crippen molar-refractivity contribution in [3.8, 4) is 5.75 Å². The quantitative estimate of drug-likeness (QED) is 0.295. The number of methoxy groups -OCH3 is 1. The Morgan fingerprint density at radius 2 is 1.89 bits per heavy atom. The second-order valence-corrected chi connectivity index (χ2v) is 8.98. The summed E-state index contributed by atoms with van der Waals surface area (Å²) in [6.07, 6.45) is 0. The molecule has 0 aliphatic rings. The standard InChI is InChI=1S/C26H24FN5O5S/c1-14-6-11-19(37-14)22(25(34)30-13-15-7-9-18(36-2)10-8-15)32(17-5-3-4-16(27)12-17)26(35)23-20(28)21(24(29)33)31-38-23/h3-12,22H,13,28H2,1-2H3,(H2,29,33)(H,30,34)/t22-/m1/s1. The molecule has 5 N–H and O–H groups in total. The lowest BCUT2D eigenvalue weighted by Gasteiger charge is -2.29. The molecule has 4 rings (SSSR count). The molecule has 0 spiro atoms. The van der Waals surface area contributed by atoms with Crippen LogP contribution in [-0.2, 0) is 11.3 Å². The van der Waals surface area contributed by atoms with E-state index < -0.39 is 29.6 Å². The highest BCUT2D eigenvalue weighted by Gasteiger charge is 2.38. The Morgan fingerprint density at radius 3 is 2.47 bits per heavy atom. The summed E-state index contributed by atoms with van der Waals surface area (Å²) in [7, 11) is 1.55. The largest absolute Gasteiger partial charge is 0.497 e. The minimum Gasteiger partial charge on any atom is -0.497 e. The number of carbonyl (C=O) groups excluding carboxylic acids is 3. The number of aromatic nitrogens is 1. The number of hydrogen-bond donors (Lipinski definition) is 3. The van der Waals surface area contributed by atoms with Crippen molar-refractivity contribution in [2.75, 3.05) is 17.7 Å². The lowest BCUT2D eigenvalue weighted by Crippen LogP contribution is -2.43. The Morgan fingerprint density at radius 1 is 1.16 bits per heavy atom. The van der Waals surface area contributed by atoms with Crippen LogP contribution in [-0.4, -0.2) is 29.2 Å². The molecule has 196 valence electrons. The minimum atomic E-state index is -1.37. The number of primary amides is 1. The Balaban J connectivity index is 1.77. The fourth-order valence-electron chi connectivity index (χ4n) is 3.75. The van der Waals surface area contributed by atoms with Gasteiger partial charge in [0, 0.05) is 12.2 Å². The van der Waals surface area contributed by atoms with Gasteiger partial charge < -0.3 is 25.9 Å². The molecule has 2 aromatic carbocycles. The number of amides is 3. The average molecular weight is 538 g/mol. The molecule has 0 bridgehead atoms. The van der Waals surface area contributed by atoms with Gasteiger partial charge in [-0.3, -0.25) is 19.3 Å². The van der Waals surface area contributed by atoms with Gasteiger partial charge in [-0.2, -0.15) is 4.37 Å². The summed E-state index contributed by atoms with van der Waals surface area (Å²) < 4.78 is 29.1. The maximum atomic E-state index is 14.3. The number of aryl methyl sites for hydroxylation is 1. The van der Waals surface area contributed by atoms with E-state index in [9.17, 15) is 18.8 Å². The van der Waals surface area contributed by atoms with Crippen molar-refractivity contribution in [1.29, 1.82) is 0 Å². The molecule has 12 heteroatoms. The highest BCUT2D eigenvalue weighted by molar-refractivity contribution is 7.09. The van der Waals surface area contributed by atoms with Crippen LogP contribution in [0, 0.1) is 12.7 Å². The van der Waals surface area contributed by atoms with Crippen LogP contribution in [0.15, 0.2) is 65.1 Å². The Kier molecular flexibility index (Phi) is 7.72. The summed E-state index contributed by atoms with van der Waals surface area (Å²) in [6, 6.07) is 14.1. The van der Waals surface area contributed by atoms with E-state index in [1.807, 2.05) is 0 Å². The molecule has 0 radical (unpaired) electrons. The van der Waals surface area contributed by atoms with Gasteiger partial charge in [0.05, 0.1) is 12.8 Å². The van der Waals surface area contributed by atoms with E-state index in [4.69, 9.17) is 20.6 Å². The number of nitrogens with zero attached hydrogens (tertiary/aromatic N) is 2. The van der Waals surface area contributed by atoms with E-state index in [1.54, 1.807) is 50.4 Å². The molecule has 0 fully saturated rings. The normalized spacial score (nSPS) is 11.6. The topological polar surface area (TPSA) is 154 Å². The highest BCUT2D eigenvalue weighted by atomic mass is 32.1. The van der Waals surface area contributed by atoms with Crippen molar-refractivity contribution in [3.63, 3.8) is 0 Å². The summed E-state index contributed by atoms with van der Waals surface area (Å²) in [4.78, 5) is 40.2. The summed E-state index contributed by atoms with van der Waals surface area (Å²) in [6.45, 7) is 1.81. The van der Waals surface area contributed by atoms with Crippen LogP contribution in [0.25, 0.3) is 0 Å². The number of furan rings is 1. The van der Waals surface area contributed by atoms with Gasteiger partial charge in [0.1, 0.15) is 28.0 Å². The average Bonchev–Trinajstić information content (AvgIpc) is 3.50. The van der Waals surface area contributed by atoms with Crippen molar-refractivity contribution in [1.82, 2.24) is 9.69 Å². The third-order valence-electron chi connectivity index (χ3n) is 5.62. The third kappa shape index (κ3) is 5.49. The van der Waals surface area contributed by atoms with Gasteiger partial charge >= 0.3 is 0 Å². The maximum absolute atomic E-state index is 14.3.